The summed E-state index contributed by atoms with van der Waals surface area (Å²) in [5.74, 6) is 0.600. The summed E-state index contributed by atoms with van der Waals surface area (Å²) in [5, 5.41) is 0. The molecule has 0 aromatic heterocycles. The van der Waals surface area contributed by atoms with E-state index in [-0.39, 0.29) is 17.5 Å². The van der Waals surface area contributed by atoms with Crippen LogP contribution in [0.5, 0.6) is 0 Å². The molecule has 0 atom stereocenters. The van der Waals surface area contributed by atoms with Crippen LogP contribution < -0.4 is 0 Å². The van der Waals surface area contributed by atoms with Gasteiger partial charge in [-0.2, -0.15) is 0 Å². The molecule has 4 nitrogen and oxygen atoms in total. The van der Waals surface area contributed by atoms with Crippen molar-refractivity contribution in [1.82, 2.24) is 0 Å². The van der Waals surface area contributed by atoms with Crippen molar-refractivity contribution in [2.75, 3.05) is 14.2 Å². The molecule has 0 amide bonds. The van der Waals surface area contributed by atoms with Crippen molar-refractivity contribution in [3.05, 3.63) is 70.3 Å². The normalized spacial score (nSPS) is 21.6. The molecule has 0 bridgehead atoms. The Bertz CT molecular complexity index is 753. The van der Waals surface area contributed by atoms with Gasteiger partial charge in [-0.1, -0.05) is 26.0 Å². The number of hydrogen-bond donors (Lipinski definition) is 0. The molecule has 0 aliphatic heterocycles. The number of Topliss-reactive ketones (excluding diaryl/α,β-unsaturated/α-hetero) is 2. The van der Waals surface area contributed by atoms with E-state index < -0.39 is 0 Å². The van der Waals surface area contributed by atoms with Crippen LogP contribution in [0, 0.1) is 5.92 Å². The molecule has 0 fully saturated rings. The fraction of sp³-hybridized carbons (Fsp3) is 0.300. The largest absolute Gasteiger partial charge is 0.493 e. The third-order valence-electron chi connectivity index (χ3n) is 3.90. The van der Waals surface area contributed by atoms with Crippen LogP contribution in [0.3, 0.4) is 0 Å². The van der Waals surface area contributed by atoms with Crippen molar-refractivity contribution < 1.29 is 19.1 Å². The number of carbonyl (C=O) groups is 2. The fourth-order valence-corrected chi connectivity index (χ4v) is 2.53. The topological polar surface area (TPSA) is 52.6 Å². The van der Waals surface area contributed by atoms with Crippen LogP contribution in [0.2, 0.25) is 0 Å². The summed E-state index contributed by atoms with van der Waals surface area (Å²) in [6, 6.07) is 0. The molecular formula is C20H22O4. The lowest BCUT2D eigenvalue weighted by Gasteiger charge is -2.17. The average molecular weight is 326 g/mol. The summed E-state index contributed by atoms with van der Waals surface area (Å²) in [4.78, 5) is 24.1. The first-order chi connectivity index (χ1) is 11.4. The van der Waals surface area contributed by atoms with E-state index in [2.05, 4.69) is 0 Å². The highest BCUT2D eigenvalue weighted by atomic mass is 16.5. The summed E-state index contributed by atoms with van der Waals surface area (Å²) in [6.45, 7) is 5.71. The van der Waals surface area contributed by atoms with E-state index in [1.807, 2.05) is 38.2 Å². The van der Waals surface area contributed by atoms with Gasteiger partial charge in [-0.15, -0.1) is 0 Å². The third-order valence-corrected chi connectivity index (χ3v) is 3.90. The molecule has 2 aliphatic carbocycles. The number of methoxy groups -OCH3 is 2. The van der Waals surface area contributed by atoms with Crippen molar-refractivity contribution >= 4 is 11.6 Å². The van der Waals surface area contributed by atoms with E-state index in [1.165, 1.54) is 14.2 Å². The zero-order valence-corrected chi connectivity index (χ0v) is 14.7. The molecule has 0 spiro atoms. The Morgan fingerprint density at radius 1 is 0.833 bits per heavy atom. The maximum atomic E-state index is 12.2. The van der Waals surface area contributed by atoms with Crippen molar-refractivity contribution in [3.8, 4) is 0 Å². The lowest BCUT2D eigenvalue weighted by Crippen LogP contribution is -2.16. The standard InChI is InChI=1S/C20H22O4/c1-12(2)16-9-15(11-18(24-5)20(16)22)7-6-14-8-13(3)19(21)17(10-14)23-4/h6-12H,1-5H3/b14-6-,15-7-. The van der Waals surface area contributed by atoms with Gasteiger partial charge in [0.05, 0.1) is 14.2 Å². The number of ether oxygens (including phenoxy) is 2. The monoisotopic (exact) mass is 326 g/mol. The van der Waals surface area contributed by atoms with Crippen LogP contribution in [0.4, 0.5) is 0 Å². The van der Waals surface area contributed by atoms with E-state index in [4.69, 9.17) is 9.47 Å². The third kappa shape index (κ3) is 3.65. The highest BCUT2D eigenvalue weighted by Crippen LogP contribution is 2.25. The summed E-state index contributed by atoms with van der Waals surface area (Å²) in [5.41, 5.74) is 3.08. The van der Waals surface area contributed by atoms with Crippen LogP contribution in [0.15, 0.2) is 70.3 Å². The van der Waals surface area contributed by atoms with Gasteiger partial charge in [0, 0.05) is 11.1 Å². The smallest absolute Gasteiger partial charge is 0.223 e. The molecule has 0 aromatic carbocycles. The van der Waals surface area contributed by atoms with Gasteiger partial charge in [-0.25, -0.2) is 0 Å². The molecule has 2 aliphatic rings. The second-order valence-corrected chi connectivity index (χ2v) is 6.00. The van der Waals surface area contributed by atoms with Crippen molar-refractivity contribution in [3.63, 3.8) is 0 Å². The second-order valence-electron chi connectivity index (χ2n) is 6.00. The Morgan fingerprint density at radius 3 is 1.83 bits per heavy atom. The van der Waals surface area contributed by atoms with E-state index in [0.717, 1.165) is 16.7 Å². The van der Waals surface area contributed by atoms with E-state index in [0.29, 0.717) is 17.1 Å². The van der Waals surface area contributed by atoms with Gasteiger partial charge in [0.15, 0.2) is 11.5 Å². The SMILES string of the molecule is COC1=C/C(=C\C=C2/C=C(OC)C(=O)C(C(C)C)=C2)C=C(C)C1=O. The Hall–Kier alpha value is -2.62. The zero-order valence-electron chi connectivity index (χ0n) is 14.7. The first-order valence-corrected chi connectivity index (χ1v) is 7.80. The Labute approximate surface area is 142 Å². The molecule has 0 saturated heterocycles. The highest BCUT2D eigenvalue weighted by Gasteiger charge is 2.23. The lowest BCUT2D eigenvalue weighted by molar-refractivity contribution is -0.116. The molecule has 126 valence electrons. The Morgan fingerprint density at radius 2 is 1.33 bits per heavy atom. The molecule has 0 heterocycles. The number of ketones is 2. The minimum Gasteiger partial charge on any atom is -0.493 e. The van der Waals surface area contributed by atoms with Crippen LogP contribution in [-0.2, 0) is 19.1 Å². The number of allylic oxidation sites excluding steroid dienone is 10. The van der Waals surface area contributed by atoms with E-state index in [9.17, 15) is 9.59 Å². The van der Waals surface area contributed by atoms with Crippen LogP contribution in [0.25, 0.3) is 0 Å². The van der Waals surface area contributed by atoms with Gasteiger partial charge in [-0.05, 0) is 48.3 Å². The summed E-state index contributed by atoms with van der Waals surface area (Å²) < 4.78 is 10.3. The first-order valence-electron chi connectivity index (χ1n) is 7.80. The van der Waals surface area contributed by atoms with Crippen LogP contribution in [0.1, 0.15) is 20.8 Å². The first kappa shape index (κ1) is 17.7. The van der Waals surface area contributed by atoms with Gasteiger partial charge in [0.2, 0.25) is 11.6 Å². The van der Waals surface area contributed by atoms with Crippen molar-refractivity contribution in [1.29, 1.82) is 0 Å². The predicted molar refractivity (Wildman–Crippen MR) is 93.0 cm³/mol. The van der Waals surface area contributed by atoms with E-state index in [1.54, 1.807) is 19.1 Å². The minimum absolute atomic E-state index is 0.0714. The van der Waals surface area contributed by atoms with Gasteiger partial charge in [0.1, 0.15) is 0 Å². The van der Waals surface area contributed by atoms with Crippen molar-refractivity contribution in [2.24, 2.45) is 5.92 Å². The maximum absolute atomic E-state index is 12.2. The van der Waals surface area contributed by atoms with Crippen LogP contribution >= 0.6 is 0 Å². The quantitative estimate of drug-likeness (QED) is 0.792. The second kappa shape index (κ2) is 7.30. The minimum atomic E-state index is -0.103. The molecule has 4 heteroatoms. The summed E-state index contributed by atoms with van der Waals surface area (Å²) >= 11 is 0. The van der Waals surface area contributed by atoms with Crippen molar-refractivity contribution in [2.45, 2.75) is 20.8 Å². The zero-order chi connectivity index (χ0) is 17.9. The molecular weight excluding hydrogens is 304 g/mol. The molecule has 0 unspecified atom stereocenters. The van der Waals surface area contributed by atoms with Gasteiger partial charge >= 0.3 is 0 Å². The molecule has 0 aromatic rings. The fourth-order valence-electron chi connectivity index (χ4n) is 2.53. The molecule has 0 radical (unpaired) electrons. The number of hydrogen-bond acceptors (Lipinski definition) is 4. The molecule has 0 saturated carbocycles. The van der Waals surface area contributed by atoms with E-state index >= 15 is 0 Å². The summed E-state index contributed by atoms with van der Waals surface area (Å²) in [7, 11) is 2.98. The van der Waals surface area contributed by atoms with Gasteiger partial charge < -0.3 is 9.47 Å². The summed E-state index contributed by atoms with van der Waals surface area (Å²) in [6.07, 6.45) is 10.9. The number of carbonyl (C=O) groups excluding carboxylic acids is 2. The van der Waals surface area contributed by atoms with Gasteiger partial charge in [-0.3, -0.25) is 9.59 Å². The average Bonchev–Trinajstić information content (AvgIpc) is 2.56. The lowest BCUT2D eigenvalue weighted by atomic mass is 9.90. The molecule has 24 heavy (non-hydrogen) atoms. The number of rotatable bonds is 4. The highest BCUT2D eigenvalue weighted by molar-refractivity contribution is 6.09. The molecule has 2 rings (SSSR count). The van der Waals surface area contributed by atoms with Gasteiger partial charge in [0.25, 0.3) is 0 Å². The Kier molecular flexibility index (Phi) is 5.39. The maximum Gasteiger partial charge on any atom is 0.223 e. The predicted octanol–water partition coefficient (Wildman–Crippen LogP) is 3.59. The molecule has 0 N–H and O–H groups in total. The van der Waals surface area contributed by atoms with Crippen LogP contribution in [-0.4, -0.2) is 25.8 Å². The Balaban J connectivity index is 2.40.